The van der Waals surface area contributed by atoms with E-state index in [1.807, 2.05) is 56.3 Å². The van der Waals surface area contributed by atoms with Crippen LogP contribution in [0.15, 0.2) is 88.8 Å². The Kier molecular flexibility index (Phi) is 6.70. The molecule has 1 aliphatic rings. The summed E-state index contributed by atoms with van der Waals surface area (Å²) in [6.45, 7) is 5.84. The maximum atomic E-state index is 13.1. The number of hydrogen-bond donors (Lipinski definition) is 3. The Labute approximate surface area is 200 Å². The van der Waals surface area contributed by atoms with Gasteiger partial charge in [-0.15, -0.1) is 0 Å². The molecule has 2 atom stereocenters. The Morgan fingerprint density at radius 1 is 0.853 bits per heavy atom. The lowest BCUT2D eigenvalue weighted by molar-refractivity contribution is -0.118. The lowest BCUT2D eigenvalue weighted by Crippen LogP contribution is -2.34. The van der Waals surface area contributed by atoms with Crippen LogP contribution >= 0.6 is 0 Å². The Morgan fingerprint density at radius 3 is 2.15 bits per heavy atom. The van der Waals surface area contributed by atoms with Crippen LogP contribution in [0.25, 0.3) is 0 Å². The molecule has 0 spiro atoms. The first-order valence-electron chi connectivity index (χ1n) is 11.2. The fourth-order valence-electron chi connectivity index (χ4n) is 3.82. The van der Waals surface area contributed by atoms with Crippen LogP contribution in [-0.2, 0) is 14.8 Å². The molecule has 0 radical (unpaired) electrons. The molecule has 3 aromatic rings. The van der Waals surface area contributed by atoms with E-state index in [9.17, 15) is 13.2 Å². The molecular formula is C26H28N4O3S. The van der Waals surface area contributed by atoms with Gasteiger partial charge >= 0.3 is 0 Å². The zero-order valence-electron chi connectivity index (χ0n) is 19.3. The summed E-state index contributed by atoms with van der Waals surface area (Å²) < 4.78 is 27.2. The predicted molar refractivity (Wildman–Crippen MR) is 135 cm³/mol. The minimum Gasteiger partial charge on any atom is -0.379 e. The van der Waals surface area contributed by atoms with Crippen LogP contribution in [0.5, 0.6) is 0 Å². The van der Waals surface area contributed by atoms with Gasteiger partial charge in [0, 0.05) is 23.0 Å². The molecule has 3 aromatic carbocycles. The molecule has 1 unspecified atom stereocenters. The number of amides is 1. The lowest BCUT2D eigenvalue weighted by atomic mass is 10.0. The van der Waals surface area contributed by atoms with Crippen molar-refractivity contribution in [2.75, 3.05) is 10.6 Å². The average Bonchev–Trinajstić information content (AvgIpc) is 3.09. The first-order valence-corrected chi connectivity index (χ1v) is 12.7. The van der Waals surface area contributed by atoms with Gasteiger partial charge in [0.25, 0.3) is 10.0 Å². The standard InChI is InChI=1S/C26H28N4O3S/c1-17(2)24(29-25-22-11-7-8-12-23(22)34(32,33)30-25)26(31)28-21-15-13-20(14-16-21)27-18(3)19-9-5-4-6-10-19/h4-18,24,27H,1-3H3,(H,28,31)(H,29,30)/t18?,24-/m0/s1. The van der Waals surface area contributed by atoms with Crippen LogP contribution < -0.4 is 15.4 Å². The summed E-state index contributed by atoms with van der Waals surface area (Å²) in [5, 5.41) is 6.35. The van der Waals surface area contributed by atoms with Crippen molar-refractivity contribution in [2.45, 2.75) is 37.8 Å². The molecular weight excluding hydrogens is 448 g/mol. The fraction of sp³-hybridized carbons (Fsp3) is 0.231. The summed E-state index contributed by atoms with van der Waals surface area (Å²) in [6.07, 6.45) is 0. The monoisotopic (exact) mass is 476 g/mol. The molecule has 8 heteroatoms. The molecule has 176 valence electrons. The van der Waals surface area contributed by atoms with Crippen molar-refractivity contribution in [1.82, 2.24) is 4.72 Å². The topological polar surface area (TPSA) is 99.7 Å². The number of hydrogen-bond acceptors (Lipinski definition) is 5. The number of rotatable bonds is 7. The maximum Gasteiger partial charge on any atom is 0.263 e. The van der Waals surface area contributed by atoms with Crippen molar-refractivity contribution in [2.24, 2.45) is 10.9 Å². The van der Waals surface area contributed by atoms with E-state index in [1.54, 1.807) is 18.2 Å². The number of nitrogens with zero attached hydrogens (tertiary/aromatic N) is 1. The van der Waals surface area contributed by atoms with E-state index in [0.717, 1.165) is 5.69 Å². The highest BCUT2D eigenvalue weighted by atomic mass is 32.2. The van der Waals surface area contributed by atoms with Gasteiger partial charge in [-0.25, -0.2) is 8.42 Å². The summed E-state index contributed by atoms with van der Waals surface area (Å²) in [5.74, 6) is -0.249. The van der Waals surface area contributed by atoms with E-state index in [-0.39, 0.29) is 28.6 Å². The molecule has 34 heavy (non-hydrogen) atoms. The quantitative estimate of drug-likeness (QED) is 0.465. The largest absolute Gasteiger partial charge is 0.379 e. The average molecular weight is 477 g/mol. The number of nitrogens with one attached hydrogen (secondary N) is 3. The Hall–Kier alpha value is -3.65. The SMILES string of the molecule is CC(Nc1ccc(NC(=O)[C@@H](N=C2NS(=O)(=O)c3ccccc32)C(C)C)cc1)c1ccccc1. The molecule has 1 amide bonds. The molecule has 0 bridgehead atoms. The molecule has 0 fully saturated rings. The van der Waals surface area contributed by atoms with Crippen LogP contribution in [-0.4, -0.2) is 26.2 Å². The minimum absolute atomic E-state index is 0.140. The predicted octanol–water partition coefficient (Wildman–Crippen LogP) is 4.56. The summed E-state index contributed by atoms with van der Waals surface area (Å²) >= 11 is 0. The van der Waals surface area contributed by atoms with Crippen LogP contribution in [0.4, 0.5) is 11.4 Å². The number of sulfonamides is 1. The van der Waals surface area contributed by atoms with Crippen molar-refractivity contribution in [1.29, 1.82) is 0 Å². The molecule has 1 heterocycles. The van der Waals surface area contributed by atoms with E-state index in [1.165, 1.54) is 11.6 Å². The zero-order valence-corrected chi connectivity index (χ0v) is 20.1. The third-order valence-electron chi connectivity index (χ3n) is 5.67. The maximum absolute atomic E-state index is 13.1. The third kappa shape index (κ3) is 5.12. The van der Waals surface area contributed by atoms with Crippen LogP contribution in [0.2, 0.25) is 0 Å². The van der Waals surface area contributed by atoms with Gasteiger partial charge in [-0.3, -0.25) is 14.5 Å². The first-order chi connectivity index (χ1) is 16.2. The van der Waals surface area contributed by atoms with Crippen molar-refractivity contribution in [3.8, 4) is 0 Å². The Morgan fingerprint density at radius 2 is 1.47 bits per heavy atom. The number of amidine groups is 1. The van der Waals surface area contributed by atoms with Gasteiger partial charge < -0.3 is 10.6 Å². The van der Waals surface area contributed by atoms with E-state index < -0.39 is 16.1 Å². The van der Waals surface area contributed by atoms with Gasteiger partial charge in [0.05, 0.1) is 4.90 Å². The van der Waals surface area contributed by atoms with E-state index in [0.29, 0.717) is 11.3 Å². The van der Waals surface area contributed by atoms with Crippen molar-refractivity contribution < 1.29 is 13.2 Å². The van der Waals surface area contributed by atoms with E-state index in [2.05, 4.69) is 39.4 Å². The van der Waals surface area contributed by atoms with Crippen molar-refractivity contribution >= 4 is 33.1 Å². The number of aliphatic imine (C=N–C) groups is 1. The van der Waals surface area contributed by atoms with Crippen molar-refractivity contribution in [3.63, 3.8) is 0 Å². The smallest absolute Gasteiger partial charge is 0.263 e. The van der Waals surface area contributed by atoms with Gasteiger partial charge in [0.2, 0.25) is 5.91 Å². The highest BCUT2D eigenvalue weighted by molar-refractivity contribution is 7.90. The molecule has 0 aliphatic carbocycles. The van der Waals surface area contributed by atoms with Gasteiger partial charge in [0.15, 0.2) is 0 Å². The highest BCUT2D eigenvalue weighted by Gasteiger charge is 2.32. The molecule has 1 aliphatic heterocycles. The summed E-state index contributed by atoms with van der Waals surface area (Å²) in [7, 11) is -3.67. The highest BCUT2D eigenvalue weighted by Crippen LogP contribution is 2.24. The number of benzene rings is 3. The van der Waals surface area contributed by atoms with Gasteiger partial charge in [0.1, 0.15) is 11.9 Å². The summed E-state index contributed by atoms with van der Waals surface area (Å²) in [6, 6.07) is 23.6. The van der Waals surface area contributed by atoms with Crippen LogP contribution in [0.1, 0.15) is 37.9 Å². The second-order valence-electron chi connectivity index (χ2n) is 8.61. The molecule has 0 saturated heterocycles. The Bertz CT molecular complexity index is 1300. The molecule has 0 aromatic heterocycles. The van der Waals surface area contributed by atoms with Gasteiger partial charge in [-0.2, -0.15) is 0 Å². The zero-order chi connectivity index (χ0) is 24.3. The number of carbonyl (C=O) groups is 1. The molecule has 4 rings (SSSR count). The first kappa shape index (κ1) is 23.5. The lowest BCUT2D eigenvalue weighted by Gasteiger charge is -2.18. The second kappa shape index (κ2) is 9.69. The number of anilines is 2. The fourth-order valence-corrected chi connectivity index (χ4v) is 5.06. The molecule has 0 saturated carbocycles. The molecule has 3 N–H and O–H groups in total. The molecule has 7 nitrogen and oxygen atoms in total. The second-order valence-corrected chi connectivity index (χ2v) is 10.3. The summed E-state index contributed by atoms with van der Waals surface area (Å²) in [5.41, 5.74) is 3.24. The van der Waals surface area contributed by atoms with Crippen LogP contribution in [0.3, 0.4) is 0 Å². The summed E-state index contributed by atoms with van der Waals surface area (Å²) in [4.78, 5) is 17.7. The number of fused-ring (bicyclic) bond motifs is 1. The van der Waals surface area contributed by atoms with E-state index >= 15 is 0 Å². The minimum atomic E-state index is -3.67. The third-order valence-corrected chi connectivity index (χ3v) is 7.06. The van der Waals surface area contributed by atoms with Gasteiger partial charge in [-0.05, 0) is 54.8 Å². The van der Waals surface area contributed by atoms with Crippen molar-refractivity contribution in [3.05, 3.63) is 90.0 Å². The normalized spacial score (nSPS) is 17.0. The Balaban J connectivity index is 1.47. The van der Waals surface area contributed by atoms with Gasteiger partial charge in [-0.1, -0.05) is 56.3 Å². The van der Waals surface area contributed by atoms with E-state index in [4.69, 9.17) is 0 Å². The van der Waals surface area contributed by atoms with Crippen LogP contribution in [0, 0.1) is 5.92 Å². The number of carbonyl (C=O) groups excluding carboxylic acids is 1.